The van der Waals surface area contributed by atoms with Gasteiger partial charge in [0.25, 0.3) is 0 Å². The predicted octanol–water partition coefficient (Wildman–Crippen LogP) is 4.86. The van der Waals surface area contributed by atoms with E-state index in [1.165, 1.54) is 5.56 Å². The zero-order chi connectivity index (χ0) is 22.2. The Labute approximate surface area is 182 Å². The summed E-state index contributed by atoms with van der Waals surface area (Å²) < 4.78 is 6.03. The molecule has 1 aromatic carbocycles. The van der Waals surface area contributed by atoms with Gasteiger partial charge >= 0.3 is 6.09 Å². The van der Waals surface area contributed by atoms with E-state index in [1.807, 2.05) is 32.9 Å². The molecule has 1 saturated carbocycles. The third kappa shape index (κ3) is 4.98. The number of benzene rings is 1. The molecular formula is C24H29N3O4. The number of amides is 2. The molecule has 4 rings (SSSR count). The molecule has 0 saturated heterocycles. The van der Waals surface area contributed by atoms with Crippen LogP contribution in [0.4, 0.5) is 10.6 Å². The molecule has 2 aliphatic carbocycles. The number of nitrogens with one attached hydrogen (secondary N) is 1. The van der Waals surface area contributed by atoms with Gasteiger partial charge in [-0.25, -0.2) is 9.78 Å². The number of ether oxygens (including phenoxy) is 1. The van der Waals surface area contributed by atoms with Gasteiger partial charge in [0.05, 0.1) is 0 Å². The number of fused-ring (bicyclic) bond motifs is 1. The van der Waals surface area contributed by atoms with Crippen molar-refractivity contribution < 1.29 is 19.4 Å². The van der Waals surface area contributed by atoms with Crippen LogP contribution >= 0.6 is 0 Å². The van der Waals surface area contributed by atoms with Gasteiger partial charge in [-0.3, -0.25) is 4.79 Å². The number of aryl methyl sites for hydroxylation is 1. The zero-order valence-electron chi connectivity index (χ0n) is 18.2. The van der Waals surface area contributed by atoms with Gasteiger partial charge < -0.3 is 20.1 Å². The van der Waals surface area contributed by atoms with Crippen LogP contribution in [0.15, 0.2) is 36.5 Å². The number of rotatable bonds is 5. The van der Waals surface area contributed by atoms with Crippen molar-refractivity contribution in [3.63, 3.8) is 0 Å². The van der Waals surface area contributed by atoms with Crippen molar-refractivity contribution in [2.24, 2.45) is 5.92 Å². The molecule has 0 aliphatic heterocycles. The molecule has 1 atom stereocenters. The second-order valence-electron chi connectivity index (χ2n) is 9.39. The molecule has 1 heterocycles. The van der Waals surface area contributed by atoms with Gasteiger partial charge in [0.2, 0.25) is 5.91 Å². The molecule has 0 bridgehead atoms. The van der Waals surface area contributed by atoms with Crippen LogP contribution in [0.3, 0.4) is 0 Å². The number of hydrogen-bond acceptors (Lipinski definition) is 4. The van der Waals surface area contributed by atoms with Crippen molar-refractivity contribution >= 4 is 17.8 Å². The Balaban J connectivity index is 1.49. The molecule has 164 valence electrons. The van der Waals surface area contributed by atoms with Crippen LogP contribution in [0.25, 0.3) is 0 Å². The van der Waals surface area contributed by atoms with Crippen LogP contribution in [-0.2, 0) is 17.6 Å². The van der Waals surface area contributed by atoms with E-state index in [4.69, 9.17) is 4.74 Å². The van der Waals surface area contributed by atoms with Gasteiger partial charge in [0.15, 0.2) is 0 Å². The van der Waals surface area contributed by atoms with Crippen LogP contribution in [0.5, 0.6) is 11.5 Å². The fraction of sp³-hybridized carbons (Fsp3) is 0.458. The molecule has 2 aromatic rings. The molecular weight excluding hydrogens is 394 g/mol. The van der Waals surface area contributed by atoms with E-state index in [9.17, 15) is 14.7 Å². The average molecular weight is 424 g/mol. The first-order valence-electron chi connectivity index (χ1n) is 10.8. The summed E-state index contributed by atoms with van der Waals surface area (Å²) in [6, 6.07) is 9.38. The van der Waals surface area contributed by atoms with Crippen molar-refractivity contribution in [2.45, 2.75) is 64.5 Å². The van der Waals surface area contributed by atoms with Crippen molar-refractivity contribution in [2.75, 3.05) is 5.32 Å². The quantitative estimate of drug-likeness (QED) is 0.717. The minimum atomic E-state index is -0.883. The van der Waals surface area contributed by atoms with Crippen molar-refractivity contribution in [1.29, 1.82) is 0 Å². The number of anilines is 1. The lowest BCUT2D eigenvalue weighted by molar-refractivity contribution is -0.117. The third-order valence-electron chi connectivity index (χ3n) is 5.84. The Kier molecular flexibility index (Phi) is 5.60. The van der Waals surface area contributed by atoms with E-state index in [1.54, 1.807) is 23.2 Å². The van der Waals surface area contributed by atoms with Gasteiger partial charge in [0, 0.05) is 29.8 Å². The number of carbonyl (C=O) groups excluding carboxylic acids is 1. The van der Waals surface area contributed by atoms with Crippen molar-refractivity contribution in [3.8, 4) is 11.5 Å². The van der Waals surface area contributed by atoms with Gasteiger partial charge in [-0.05, 0) is 82.2 Å². The number of aromatic nitrogens is 1. The minimum Gasteiger partial charge on any atom is -0.465 e. The smallest absolute Gasteiger partial charge is 0.407 e. The number of carboxylic acid groups (broad SMARTS) is 1. The average Bonchev–Trinajstić information content (AvgIpc) is 3.52. The summed E-state index contributed by atoms with van der Waals surface area (Å²) in [7, 11) is 0. The number of pyridine rings is 1. The zero-order valence-corrected chi connectivity index (χ0v) is 18.2. The molecule has 7 nitrogen and oxygen atoms in total. The highest BCUT2D eigenvalue weighted by Crippen LogP contribution is 2.33. The Morgan fingerprint density at radius 3 is 2.52 bits per heavy atom. The van der Waals surface area contributed by atoms with E-state index >= 15 is 0 Å². The Morgan fingerprint density at radius 2 is 1.84 bits per heavy atom. The molecule has 0 radical (unpaired) electrons. The van der Waals surface area contributed by atoms with Crippen LogP contribution in [0, 0.1) is 5.92 Å². The second-order valence-corrected chi connectivity index (χ2v) is 9.39. The third-order valence-corrected chi connectivity index (χ3v) is 5.84. The lowest BCUT2D eigenvalue weighted by Gasteiger charge is -2.41. The van der Waals surface area contributed by atoms with Gasteiger partial charge in [-0.15, -0.1) is 0 Å². The fourth-order valence-corrected chi connectivity index (χ4v) is 4.24. The first kappa shape index (κ1) is 21.2. The van der Waals surface area contributed by atoms with Crippen LogP contribution in [0.2, 0.25) is 0 Å². The molecule has 2 N–H and O–H groups in total. The summed E-state index contributed by atoms with van der Waals surface area (Å²) in [5.74, 6) is 1.87. The molecule has 1 aromatic heterocycles. The summed E-state index contributed by atoms with van der Waals surface area (Å²) in [6.07, 6.45) is 4.91. The predicted molar refractivity (Wildman–Crippen MR) is 118 cm³/mol. The van der Waals surface area contributed by atoms with Gasteiger partial charge in [0.1, 0.15) is 17.3 Å². The molecule has 1 fully saturated rings. The van der Waals surface area contributed by atoms with E-state index in [-0.39, 0.29) is 17.9 Å². The van der Waals surface area contributed by atoms with Crippen LogP contribution in [-0.4, -0.2) is 38.6 Å². The molecule has 2 aliphatic rings. The number of carbonyl (C=O) groups is 2. The monoisotopic (exact) mass is 423 g/mol. The maximum absolute atomic E-state index is 12.0. The maximum atomic E-state index is 12.0. The SMILES string of the molecule is CC(C)(C)N(C(=O)O)C1CCc2ccc(Oc3ccnc(NC(=O)C4CC4)c3)cc2C1. The van der Waals surface area contributed by atoms with Crippen LogP contribution in [0.1, 0.15) is 51.2 Å². The lowest BCUT2D eigenvalue weighted by Crippen LogP contribution is -2.52. The van der Waals surface area contributed by atoms with Gasteiger partial charge in [-0.1, -0.05) is 6.07 Å². The summed E-state index contributed by atoms with van der Waals surface area (Å²) in [4.78, 5) is 29.6. The standard InChI is InChI=1S/C24H29N3O4/c1-24(2,3)27(23(29)30)18-8-6-15-7-9-19(13-17(15)12-18)31-20-10-11-25-21(14-20)26-22(28)16-4-5-16/h7,9-11,13-14,16,18H,4-6,8,12H2,1-3H3,(H,29,30)(H,25,26,28). The Hall–Kier alpha value is -3.09. The first-order valence-corrected chi connectivity index (χ1v) is 10.8. The fourth-order valence-electron chi connectivity index (χ4n) is 4.24. The van der Waals surface area contributed by atoms with E-state index in [2.05, 4.69) is 16.4 Å². The molecule has 0 spiro atoms. The largest absolute Gasteiger partial charge is 0.465 e. The molecule has 31 heavy (non-hydrogen) atoms. The minimum absolute atomic E-state index is 0.00584. The summed E-state index contributed by atoms with van der Waals surface area (Å²) in [6.45, 7) is 5.79. The normalized spacial score (nSPS) is 18.1. The second kappa shape index (κ2) is 8.21. The van der Waals surface area contributed by atoms with E-state index in [0.717, 1.165) is 31.2 Å². The van der Waals surface area contributed by atoms with E-state index in [0.29, 0.717) is 23.7 Å². The van der Waals surface area contributed by atoms with Crippen molar-refractivity contribution in [1.82, 2.24) is 9.88 Å². The summed E-state index contributed by atoms with van der Waals surface area (Å²) in [5, 5.41) is 12.6. The number of hydrogen-bond donors (Lipinski definition) is 2. The topological polar surface area (TPSA) is 91.8 Å². The highest BCUT2D eigenvalue weighted by Gasteiger charge is 2.35. The molecule has 2 amide bonds. The highest BCUT2D eigenvalue weighted by molar-refractivity contribution is 5.93. The first-order chi connectivity index (χ1) is 14.7. The molecule has 7 heteroatoms. The maximum Gasteiger partial charge on any atom is 0.407 e. The van der Waals surface area contributed by atoms with Gasteiger partial charge in [-0.2, -0.15) is 0 Å². The Bertz CT molecular complexity index is 995. The molecule has 1 unspecified atom stereocenters. The number of nitrogens with zero attached hydrogens (tertiary/aromatic N) is 2. The van der Waals surface area contributed by atoms with Crippen molar-refractivity contribution in [3.05, 3.63) is 47.7 Å². The summed E-state index contributed by atoms with van der Waals surface area (Å²) in [5.41, 5.74) is 1.89. The van der Waals surface area contributed by atoms with Crippen LogP contribution < -0.4 is 10.1 Å². The highest BCUT2D eigenvalue weighted by atomic mass is 16.5. The summed E-state index contributed by atoms with van der Waals surface area (Å²) >= 11 is 0. The lowest BCUT2D eigenvalue weighted by atomic mass is 9.85. The Morgan fingerprint density at radius 1 is 1.10 bits per heavy atom. The van der Waals surface area contributed by atoms with E-state index < -0.39 is 11.6 Å².